The summed E-state index contributed by atoms with van der Waals surface area (Å²) in [5, 5.41) is 0.564. The average molecular weight is 477 g/mol. The third-order valence-corrected chi connectivity index (χ3v) is 7.61. The van der Waals surface area contributed by atoms with Crippen LogP contribution in [0, 0.1) is 29.6 Å². The van der Waals surface area contributed by atoms with Crippen molar-refractivity contribution in [2.75, 3.05) is 16.3 Å². The maximum atomic E-state index is 13.1. The van der Waals surface area contributed by atoms with Crippen LogP contribution in [0.5, 0.6) is 5.75 Å². The molecule has 3 fully saturated rings. The molecule has 0 unspecified atom stereocenters. The van der Waals surface area contributed by atoms with Crippen LogP contribution in [0.3, 0.4) is 0 Å². The van der Waals surface area contributed by atoms with E-state index in [9.17, 15) is 19.2 Å². The van der Waals surface area contributed by atoms with Crippen LogP contribution >= 0.6 is 11.6 Å². The molecule has 2 bridgehead atoms. The van der Waals surface area contributed by atoms with Crippen LogP contribution in [0.15, 0.2) is 60.7 Å². The van der Waals surface area contributed by atoms with Crippen molar-refractivity contribution in [1.29, 1.82) is 0 Å². The van der Waals surface area contributed by atoms with E-state index in [4.69, 9.17) is 16.3 Å². The molecule has 5 atom stereocenters. The van der Waals surface area contributed by atoms with Crippen LogP contribution in [-0.2, 0) is 19.2 Å². The first-order chi connectivity index (χ1) is 16.4. The fourth-order valence-electron chi connectivity index (χ4n) is 5.78. The summed E-state index contributed by atoms with van der Waals surface area (Å²) in [6, 6.07) is 13.3. The van der Waals surface area contributed by atoms with Crippen LogP contribution < -0.4 is 14.5 Å². The number of ether oxygens (including phenoxy) is 1. The van der Waals surface area contributed by atoms with Gasteiger partial charge < -0.3 is 9.64 Å². The summed E-state index contributed by atoms with van der Waals surface area (Å²) >= 11 is 5.92. The predicted molar refractivity (Wildman–Crippen MR) is 124 cm³/mol. The Hall–Kier alpha value is -3.45. The summed E-state index contributed by atoms with van der Waals surface area (Å²) in [6.45, 7) is 0.210. The second-order valence-electron chi connectivity index (χ2n) is 9.31. The molecule has 6 rings (SSSR count). The lowest BCUT2D eigenvalue weighted by Gasteiger charge is -2.18. The van der Waals surface area contributed by atoms with E-state index in [2.05, 4.69) is 12.2 Å². The molecule has 8 heteroatoms. The molecule has 2 aliphatic carbocycles. The SMILES string of the molecule is O=C(Oc1cccc(N2C(=O)[C@@H]3[C@@H](C2=O)[C@H]2C=C[C@H]3C2)c1)[C@@H]1CC(=O)N(c2ccc(Cl)cc2)C1. The number of hydrogen-bond acceptors (Lipinski definition) is 5. The highest BCUT2D eigenvalue weighted by Gasteiger charge is 2.59. The molecule has 2 heterocycles. The second-order valence-corrected chi connectivity index (χ2v) is 9.75. The lowest BCUT2D eigenvalue weighted by molar-refractivity contribution is -0.139. The number of esters is 1. The summed E-state index contributed by atoms with van der Waals surface area (Å²) in [6.07, 6.45) is 5.01. The summed E-state index contributed by atoms with van der Waals surface area (Å²) in [4.78, 5) is 54.2. The lowest BCUT2D eigenvalue weighted by Crippen LogP contribution is -2.32. The Balaban J connectivity index is 1.16. The molecule has 0 N–H and O–H groups in total. The molecule has 3 amide bonds. The van der Waals surface area contributed by atoms with E-state index in [-0.39, 0.29) is 60.1 Å². The van der Waals surface area contributed by atoms with Gasteiger partial charge in [-0.25, -0.2) is 4.90 Å². The molecule has 7 nitrogen and oxygen atoms in total. The van der Waals surface area contributed by atoms with Crippen molar-refractivity contribution in [3.05, 3.63) is 65.7 Å². The van der Waals surface area contributed by atoms with Crippen molar-refractivity contribution in [2.24, 2.45) is 29.6 Å². The number of benzene rings is 2. The number of anilines is 2. The zero-order valence-corrected chi connectivity index (χ0v) is 18.9. The number of allylic oxidation sites excluding steroid dienone is 2. The molecule has 34 heavy (non-hydrogen) atoms. The largest absolute Gasteiger partial charge is 0.426 e. The van der Waals surface area contributed by atoms with Crippen LogP contribution in [0.25, 0.3) is 0 Å². The predicted octanol–water partition coefficient (Wildman–Crippen LogP) is 3.61. The molecule has 172 valence electrons. The molecule has 0 aromatic heterocycles. The van der Waals surface area contributed by atoms with E-state index >= 15 is 0 Å². The van der Waals surface area contributed by atoms with Crippen LogP contribution in [0.1, 0.15) is 12.8 Å². The zero-order valence-electron chi connectivity index (χ0n) is 18.1. The first kappa shape index (κ1) is 21.1. The molecule has 1 saturated carbocycles. The highest BCUT2D eigenvalue weighted by molar-refractivity contribution is 6.30. The fourth-order valence-corrected chi connectivity index (χ4v) is 5.90. The molecule has 4 aliphatic rings. The van der Waals surface area contributed by atoms with Gasteiger partial charge in [0.05, 0.1) is 23.4 Å². The molecular weight excluding hydrogens is 456 g/mol. The Morgan fingerprint density at radius 3 is 2.26 bits per heavy atom. The van der Waals surface area contributed by atoms with E-state index in [0.717, 1.165) is 6.42 Å². The van der Waals surface area contributed by atoms with Gasteiger partial charge in [0.2, 0.25) is 17.7 Å². The third kappa shape index (κ3) is 3.26. The summed E-state index contributed by atoms with van der Waals surface area (Å²) in [7, 11) is 0. The lowest BCUT2D eigenvalue weighted by atomic mass is 9.85. The van der Waals surface area contributed by atoms with E-state index in [0.29, 0.717) is 16.4 Å². The number of imide groups is 1. The van der Waals surface area contributed by atoms with E-state index in [1.807, 2.05) is 0 Å². The van der Waals surface area contributed by atoms with Gasteiger partial charge in [-0.1, -0.05) is 29.8 Å². The number of halogens is 1. The molecule has 2 aromatic rings. The fraction of sp³-hybridized carbons (Fsp3) is 0.308. The Morgan fingerprint density at radius 2 is 1.59 bits per heavy atom. The standard InChI is InChI=1S/C26H21ClN2O5/c27-17-6-8-18(9-7-17)28-13-16(11-21(28)30)26(33)34-20-3-1-2-19(12-20)29-24(31)22-14-4-5-15(10-14)23(22)25(29)32/h1-9,12,14-16,22-23H,10-11,13H2/t14-,15-,16+,22-,23-/m0/s1. The molecule has 2 aromatic carbocycles. The van der Waals surface area contributed by atoms with Gasteiger partial charge in [-0.2, -0.15) is 0 Å². The van der Waals surface area contributed by atoms with Crippen LogP contribution in [0.2, 0.25) is 5.02 Å². The topological polar surface area (TPSA) is 84.0 Å². The number of nitrogens with zero attached hydrogens (tertiary/aromatic N) is 2. The number of hydrogen-bond donors (Lipinski definition) is 0. The zero-order chi connectivity index (χ0) is 23.6. The minimum absolute atomic E-state index is 0.0450. The van der Waals surface area contributed by atoms with Gasteiger partial charge in [-0.15, -0.1) is 0 Å². The van der Waals surface area contributed by atoms with Crippen molar-refractivity contribution >= 4 is 46.7 Å². The second kappa shape index (κ2) is 7.81. The van der Waals surface area contributed by atoms with E-state index in [1.54, 1.807) is 47.4 Å². The van der Waals surface area contributed by atoms with Gasteiger partial charge in [0.25, 0.3) is 0 Å². The quantitative estimate of drug-likeness (QED) is 0.291. The first-order valence-corrected chi connectivity index (χ1v) is 11.7. The van der Waals surface area contributed by atoms with Gasteiger partial charge >= 0.3 is 5.97 Å². The van der Waals surface area contributed by atoms with Gasteiger partial charge in [0.1, 0.15) is 5.75 Å². The number of fused-ring (bicyclic) bond motifs is 5. The highest BCUT2D eigenvalue weighted by atomic mass is 35.5. The Labute approximate surface area is 200 Å². The maximum absolute atomic E-state index is 13.1. The van der Waals surface area contributed by atoms with Gasteiger partial charge in [0, 0.05) is 29.7 Å². The summed E-state index contributed by atoms with van der Waals surface area (Å²) in [5.41, 5.74) is 1.08. The number of rotatable bonds is 4. The Kier molecular flexibility index (Phi) is 4.85. The smallest absolute Gasteiger partial charge is 0.316 e. The summed E-state index contributed by atoms with van der Waals surface area (Å²) in [5.74, 6) is -1.79. The van der Waals surface area contributed by atoms with Gasteiger partial charge in [0.15, 0.2) is 0 Å². The molecule has 2 saturated heterocycles. The van der Waals surface area contributed by atoms with Crippen molar-refractivity contribution in [3.63, 3.8) is 0 Å². The minimum Gasteiger partial charge on any atom is -0.426 e. The molecule has 0 spiro atoms. The van der Waals surface area contributed by atoms with Crippen LogP contribution in [-0.4, -0.2) is 30.2 Å². The van der Waals surface area contributed by atoms with Gasteiger partial charge in [-0.05, 0) is 54.7 Å². The van der Waals surface area contributed by atoms with Crippen molar-refractivity contribution in [3.8, 4) is 5.75 Å². The summed E-state index contributed by atoms with van der Waals surface area (Å²) < 4.78 is 5.57. The van der Waals surface area contributed by atoms with Crippen molar-refractivity contribution in [1.82, 2.24) is 0 Å². The monoisotopic (exact) mass is 476 g/mol. The average Bonchev–Trinajstić information content (AvgIpc) is 3.58. The molecule has 2 aliphatic heterocycles. The van der Waals surface area contributed by atoms with Gasteiger partial charge in [-0.3, -0.25) is 19.2 Å². The Bertz CT molecular complexity index is 1230. The maximum Gasteiger partial charge on any atom is 0.316 e. The first-order valence-electron chi connectivity index (χ1n) is 11.3. The molecule has 0 radical (unpaired) electrons. The number of carbonyl (C=O) groups is 4. The Morgan fingerprint density at radius 1 is 0.912 bits per heavy atom. The number of amides is 3. The van der Waals surface area contributed by atoms with Crippen molar-refractivity contribution < 1.29 is 23.9 Å². The van der Waals surface area contributed by atoms with Crippen LogP contribution in [0.4, 0.5) is 11.4 Å². The number of carbonyl (C=O) groups excluding carboxylic acids is 4. The normalized spacial score (nSPS) is 29.3. The van der Waals surface area contributed by atoms with E-state index < -0.39 is 11.9 Å². The highest BCUT2D eigenvalue weighted by Crippen LogP contribution is 2.53. The third-order valence-electron chi connectivity index (χ3n) is 7.36. The molecular formula is C26H21ClN2O5. The van der Waals surface area contributed by atoms with E-state index in [1.165, 1.54) is 11.0 Å². The van der Waals surface area contributed by atoms with Crippen molar-refractivity contribution in [2.45, 2.75) is 12.8 Å². The minimum atomic E-state index is -0.622.